The first kappa shape index (κ1) is 24.5. The lowest BCUT2D eigenvalue weighted by Crippen LogP contribution is -2.46. The largest absolute Gasteiger partial charge is 0.493 e. The molecule has 1 aliphatic rings. The molecule has 3 N–H and O–H groups in total. The van der Waals surface area contributed by atoms with Gasteiger partial charge in [-0.1, -0.05) is 13.0 Å². The van der Waals surface area contributed by atoms with Gasteiger partial charge >= 0.3 is 6.18 Å². The van der Waals surface area contributed by atoms with Gasteiger partial charge in [-0.25, -0.2) is 14.4 Å². The van der Waals surface area contributed by atoms with Crippen LogP contribution in [0.1, 0.15) is 47.6 Å². The van der Waals surface area contributed by atoms with E-state index < -0.39 is 58.4 Å². The third-order valence-corrected chi connectivity index (χ3v) is 6.50. The summed E-state index contributed by atoms with van der Waals surface area (Å²) in [7, 11) is 1.06. The van der Waals surface area contributed by atoms with Gasteiger partial charge < -0.3 is 20.2 Å². The molecular formula is C22H19F5N4O4. The highest BCUT2D eigenvalue weighted by atomic mass is 19.4. The highest BCUT2D eigenvalue weighted by Gasteiger charge is 2.65. The molecule has 3 heterocycles. The Labute approximate surface area is 194 Å². The van der Waals surface area contributed by atoms with Crippen molar-refractivity contribution in [3.05, 3.63) is 63.3 Å². The molecule has 35 heavy (non-hydrogen) atoms. The van der Waals surface area contributed by atoms with E-state index in [9.17, 15) is 31.5 Å². The molecule has 2 aromatic heterocycles. The number of pyridine rings is 1. The Kier molecular flexibility index (Phi) is 5.78. The van der Waals surface area contributed by atoms with E-state index in [1.165, 1.54) is 6.92 Å². The SMILES string of the molecule is COc1c([C@H]2[C@H](c3cc(=O)c4c(C(N)=O)ncnc4[nH]3)O[C@@](C)(C(F)(F)F)[C@H]2C)ccc(F)c1F. The Balaban J connectivity index is 1.98. The number of aromatic nitrogens is 3. The minimum absolute atomic E-state index is 0.0849. The molecule has 4 rings (SSSR count). The second-order valence-corrected chi connectivity index (χ2v) is 8.34. The standard InChI is InChI=1S/C22H19F5N4O4/c1-8-13(9-4-5-10(23)15(24)17(9)34-3)18(35-21(8,2)22(25,26)27)11-6-12(32)14-16(19(28)33)29-7-30-20(14)31-11/h4-8,13,18H,1-3H3,(H2,28,33)(H,29,30,31,32)/t8-,13-,18-,21+/m0/s1. The van der Waals surface area contributed by atoms with E-state index in [0.29, 0.717) is 0 Å². The molecule has 1 aliphatic heterocycles. The van der Waals surface area contributed by atoms with E-state index in [2.05, 4.69) is 15.0 Å². The highest BCUT2D eigenvalue weighted by Crippen LogP contribution is 2.59. The van der Waals surface area contributed by atoms with Crippen LogP contribution < -0.4 is 15.9 Å². The molecule has 3 aromatic rings. The number of H-pyrrole nitrogens is 1. The highest BCUT2D eigenvalue weighted by molar-refractivity contribution is 6.02. The summed E-state index contributed by atoms with van der Waals surface area (Å²) in [5, 5.41) is -0.254. The molecule has 0 bridgehead atoms. The number of nitrogens with two attached hydrogens (primary N) is 1. The predicted molar refractivity (Wildman–Crippen MR) is 112 cm³/mol. The van der Waals surface area contributed by atoms with Crippen molar-refractivity contribution in [1.82, 2.24) is 15.0 Å². The number of carbonyl (C=O) groups excluding carboxylic acids is 1. The van der Waals surface area contributed by atoms with Crippen molar-refractivity contribution in [2.45, 2.75) is 37.6 Å². The van der Waals surface area contributed by atoms with Crippen LogP contribution in [0.2, 0.25) is 0 Å². The van der Waals surface area contributed by atoms with E-state index in [4.69, 9.17) is 15.2 Å². The molecule has 1 amide bonds. The molecule has 8 nitrogen and oxygen atoms in total. The van der Waals surface area contributed by atoms with Crippen molar-refractivity contribution < 1.29 is 36.2 Å². The van der Waals surface area contributed by atoms with Gasteiger partial charge in [-0.3, -0.25) is 9.59 Å². The van der Waals surface area contributed by atoms with Crippen molar-refractivity contribution in [3.8, 4) is 5.75 Å². The number of ether oxygens (including phenoxy) is 2. The van der Waals surface area contributed by atoms with Crippen LogP contribution >= 0.6 is 0 Å². The molecule has 4 atom stereocenters. The lowest BCUT2D eigenvalue weighted by Gasteiger charge is -2.32. The van der Waals surface area contributed by atoms with Crippen LogP contribution in [0.3, 0.4) is 0 Å². The zero-order valence-electron chi connectivity index (χ0n) is 18.5. The average Bonchev–Trinajstić information content (AvgIpc) is 3.06. The summed E-state index contributed by atoms with van der Waals surface area (Å²) in [5.41, 5.74) is 0.980. The Hall–Kier alpha value is -3.61. The number of carbonyl (C=O) groups is 1. The van der Waals surface area contributed by atoms with E-state index >= 15 is 0 Å². The van der Waals surface area contributed by atoms with Gasteiger partial charge in [-0.15, -0.1) is 0 Å². The number of fused-ring (bicyclic) bond motifs is 1. The average molecular weight is 498 g/mol. The Morgan fingerprint density at radius 3 is 2.54 bits per heavy atom. The van der Waals surface area contributed by atoms with Crippen molar-refractivity contribution in [2.24, 2.45) is 11.7 Å². The fourth-order valence-corrected chi connectivity index (χ4v) is 4.52. The van der Waals surface area contributed by atoms with E-state index in [0.717, 1.165) is 38.6 Å². The summed E-state index contributed by atoms with van der Waals surface area (Å²) < 4.78 is 81.3. The predicted octanol–water partition coefficient (Wildman–Crippen LogP) is 3.52. The molecule has 0 saturated carbocycles. The number of nitrogens with zero attached hydrogens (tertiary/aromatic N) is 2. The van der Waals surface area contributed by atoms with Crippen LogP contribution in [0.25, 0.3) is 11.0 Å². The molecule has 1 saturated heterocycles. The number of aromatic amines is 1. The number of nitrogens with one attached hydrogen (secondary N) is 1. The maximum atomic E-state index is 14.5. The molecule has 1 aromatic carbocycles. The molecule has 0 radical (unpaired) electrons. The maximum absolute atomic E-state index is 14.5. The van der Waals surface area contributed by atoms with E-state index in [-0.39, 0.29) is 28.0 Å². The van der Waals surface area contributed by atoms with E-state index in [1.54, 1.807) is 0 Å². The third-order valence-electron chi connectivity index (χ3n) is 6.50. The second-order valence-electron chi connectivity index (χ2n) is 8.34. The van der Waals surface area contributed by atoms with Gasteiger partial charge in [0.2, 0.25) is 5.82 Å². The summed E-state index contributed by atoms with van der Waals surface area (Å²) in [4.78, 5) is 34.8. The fourth-order valence-electron chi connectivity index (χ4n) is 4.52. The number of hydrogen-bond donors (Lipinski definition) is 2. The van der Waals surface area contributed by atoms with Crippen molar-refractivity contribution >= 4 is 16.9 Å². The topological polar surface area (TPSA) is 120 Å². The Bertz CT molecular complexity index is 1390. The van der Waals surface area contributed by atoms with Gasteiger partial charge in [0, 0.05) is 23.5 Å². The smallest absolute Gasteiger partial charge is 0.417 e. The summed E-state index contributed by atoms with van der Waals surface area (Å²) in [6.45, 7) is 2.09. The van der Waals surface area contributed by atoms with Gasteiger partial charge in [-0.05, 0) is 13.0 Å². The number of primary amides is 1. The van der Waals surface area contributed by atoms with Gasteiger partial charge in [0.1, 0.15) is 23.8 Å². The summed E-state index contributed by atoms with van der Waals surface area (Å²) in [6.07, 6.45) is -5.39. The zero-order chi connectivity index (χ0) is 25.9. The van der Waals surface area contributed by atoms with Crippen LogP contribution in [0.4, 0.5) is 22.0 Å². The number of benzene rings is 1. The number of amides is 1. The fraction of sp³-hybridized carbons (Fsp3) is 0.364. The minimum atomic E-state index is -4.86. The molecule has 1 fully saturated rings. The Morgan fingerprint density at radius 1 is 1.26 bits per heavy atom. The quantitative estimate of drug-likeness (QED) is 0.532. The number of halogens is 5. The maximum Gasteiger partial charge on any atom is 0.417 e. The normalized spacial score (nSPS) is 24.6. The third kappa shape index (κ3) is 3.70. The molecular weight excluding hydrogens is 479 g/mol. The summed E-state index contributed by atoms with van der Waals surface area (Å²) in [5.74, 6) is -6.78. The van der Waals surface area contributed by atoms with Crippen molar-refractivity contribution in [3.63, 3.8) is 0 Å². The molecule has 13 heteroatoms. The number of methoxy groups -OCH3 is 1. The first-order valence-corrected chi connectivity index (χ1v) is 10.3. The van der Waals surface area contributed by atoms with Crippen LogP contribution in [0.5, 0.6) is 5.75 Å². The Morgan fingerprint density at radius 2 is 1.94 bits per heavy atom. The van der Waals surface area contributed by atoms with Gasteiger partial charge in [0.25, 0.3) is 5.91 Å². The first-order chi connectivity index (χ1) is 16.3. The van der Waals surface area contributed by atoms with Crippen molar-refractivity contribution in [1.29, 1.82) is 0 Å². The van der Waals surface area contributed by atoms with Crippen molar-refractivity contribution in [2.75, 3.05) is 7.11 Å². The summed E-state index contributed by atoms with van der Waals surface area (Å²) >= 11 is 0. The number of rotatable bonds is 4. The lowest BCUT2D eigenvalue weighted by molar-refractivity contribution is -0.275. The van der Waals surface area contributed by atoms with Crippen LogP contribution in [-0.4, -0.2) is 39.7 Å². The molecule has 0 unspecified atom stereocenters. The molecule has 186 valence electrons. The van der Waals surface area contributed by atoms with Gasteiger partial charge in [-0.2, -0.15) is 17.6 Å². The van der Waals surface area contributed by atoms with Gasteiger partial charge in [0.15, 0.2) is 22.6 Å². The second kappa shape index (κ2) is 8.26. The zero-order valence-corrected chi connectivity index (χ0v) is 18.5. The van der Waals surface area contributed by atoms with Crippen LogP contribution in [-0.2, 0) is 4.74 Å². The van der Waals surface area contributed by atoms with Crippen LogP contribution in [0.15, 0.2) is 29.3 Å². The summed E-state index contributed by atoms with van der Waals surface area (Å²) in [6, 6.07) is 2.83. The monoisotopic (exact) mass is 498 g/mol. The number of hydrogen-bond acceptors (Lipinski definition) is 6. The molecule has 0 aliphatic carbocycles. The van der Waals surface area contributed by atoms with Gasteiger partial charge in [0.05, 0.1) is 18.2 Å². The first-order valence-electron chi connectivity index (χ1n) is 10.3. The van der Waals surface area contributed by atoms with Crippen LogP contribution in [0, 0.1) is 17.6 Å². The number of alkyl halides is 3. The molecule has 0 spiro atoms. The van der Waals surface area contributed by atoms with E-state index in [1.807, 2.05) is 0 Å². The lowest BCUT2D eigenvalue weighted by atomic mass is 9.76. The minimum Gasteiger partial charge on any atom is -0.493 e.